The van der Waals surface area contributed by atoms with Crippen LogP contribution in [0.5, 0.6) is 0 Å². The Kier molecular flexibility index (Phi) is 5.62. The van der Waals surface area contributed by atoms with Gasteiger partial charge in [0.1, 0.15) is 5.82 Å². The van der Waals surface area contributed by atoms with Crippen molar-refractivity contribution >= 4 is 29.0 Å². The summed E-state index contributed by atoms with van der Waals surface area (Å²) in [6.07, 6.45) is -0.313. The number of hydrogen-bond acceptors (Lipinski definition) is 4. The van der Waals surface area contributed by atoms with E-state index in [1.807, 2.05) is 0 Å². The Balaban J connectivity index is 2.94. The first kappa shape index (κ1) is 15.3. The van der Waals surface area contributed by atoms with Gasteiger partial charge in [0.25, 0.3) is 0 Å². The summed E-state index contributed by atoms with van der Waals surface area (Å²) in [6, 6.07) is 5.07. The van der Waals surface area contributed by atoms with Gasteiger partial charge in [0, 0.05) is 7.05 Å². The summed E-state index contributed by atoms with van der Waals surface area (Å²) < 4.78 is 19.5. The SMILES string of the molecule is CNC(=O)N(SC(=O)OC(C)C)c1ccccc1F. The number of nitrogens with zero attached hydrogens (tertiary/aromatic N) is 1. The highest BCUT2D eigenvalue weighted by molar-refractivity contribution is 8.15. The van der Waals surface area contributed by atoms with Crippen molar-refractivity contribution in [1.29, 1.82) is 0 Å². The van der Waals surface area contributed by atoms with Crippen molar-refractivity contribution in [2.45, 2.75) is 20.0 Å². The molecule has 1 aromatic rings. The zero-order valence-electron chi connectivity index (χ0n) is 10.8. The van der Waals surface area contributed by atoms with Crippen LogP contribution >= 0.6 is 11.9 Å². The summed E-state index contributed by atoms with van der Waals surface area (Å²) in [5.74, 6) is -0.601. The highest BCUT2D eigenvalue weighted by Gasteiger charge is 2.23. The van der Waals surface area contributed by atoms with Gasteiger partial charge < -0.3 is 10.1 Å². The van der Waals surface area contributed by atoms with Crippen molar-refractivity contribution in [3.8, 4) is 0 Å². The molecule has 0 aromatic heterocycles. The number of rotatable bonds is 2. The molecule has 0 fully saturated rings. The van der Waals surface area contributed by atoms with Crippen LogP contribution in [0.4, 0.5) is 19.7 Å². The average molecular weight is 286 g/mol. The maximum Gasteiger partial charge on any atom is 0.388 e. The molecule has 104 valence electrons. The lowest BCUT2D eigenvalue weighted by molar-refractivity contribution is 0.142. The summed E-state index contributed by atoms with van der Waals surface area (Å²) in [5.41, 5.74) is -0.00689. The Hall–Kier alpha value is -1.76. The van der Waals surface area contributed by atoms with Crippen LogP contribution in [-0.2, 0) is 4.74 Å². The molecule has 0 aliphatic heterocycles. The third kappa shape index (κ3) is 4.44. The third-order valence-electron chi connectivity index (χ3n) is 1.97. The minimum absolute atomic E-state index is 0.00689. The molecule has 0 aliphatic carbocycles. The Morgan fingerprint density at radius 3 is 2.53 bits per heavy atom. The molecule has 0 bridgehead atoms. The number of ether oxygens (including phenoxy) is 1. The normalized spacial score (nSPS) is 10.2. The molecule has 0 spiro atoms. The molecular weight excluding hydrogens is 271 g/mol. The molecule has 1 aromatic carbocycles. The van der Waals surface area contributed by atoms with Crippen molar-refractivity contribution in [2.75, 3.05) is 11.4 Å². The van der Waals surface area contributed by atoms with E-state index in [1.165, 1.54) is 25.2 Å². The Morgan fingerprint density at radius 2 is 2.00 bits per heavy atom. The molecule has 5 nitrogen and oxygen atoms in total. The second-order valence-corrected chi connectivity index (χ2v) is 4.69. The molecule has 0 aliphatic rings. The van der Waals surface area contributed by atoms with E-state index in [0.29, 0.717) is 11.9 Å². The zero-order valence-corrected chi connectivity index (χ0v) is 11.7. The third-order valence-corrected chi connectivity index (χ3v) is 2.76. The first-order valence-corrected chi connectivity index (χ1v) is 6.38. The van der Waals surface area contributed by atoms with Crippen LogP contribution in [0.25, 0.3) is 0 Å². The minimum atomic E-state index is -0.679. The van der Waals surface area contributed by atoms with E-state index in [0.717, 1.165) is 4.31 Å². The summed E-state index contributed by atoms with van der Waals surface area (Å²) in [6.45, 7) is 3.37. The summed E-state index contributed by atoms with van der Waals surface area (Å²) >= 11 is 0.493. The fourth-order valence-electron chi connectivity index (χ4n) is 1.21. The Labute approximate surface area is 115 Å². The molecule has 1 rings (SSSR count). The maximum atomic E-state index is 13.7. The van der Waals surface area contributed by atoms with Crippen LogP contribution in [-0.4, -0.2) is 24.5 Å². The smallest absolute Gasteiger partial charge is 0.388 e. The molecular formula is C12H15FN2O3S. The van der Waals surface area contributed by atoms with Gasteiger partial charge >= 0.3 is 11.3 Å². The second-order valence-electron chi connectivity index (χ2n) is 3.81. The molecule has 0 saturated heterocycles. The van der Waals surface area contributed by atoms with Crippen molar-refractivity contribution < 1.29 is 18.7 Å². The summed E-state index contributed by atoms with van der Waals surface area (Å²) in [4.78, 5) is 23.3. The van der Waals surface area contributed by atoms with Crippen LogP contribution in [0, 0.1) is 5.82 Å². The molecule has 19 heavy (non-hydrogen) atoms. The van der Waals surface area contributed by atoms with Gasteiger partial charge in [-0.1, -0.05) is 12.1 Å². The topological polar surface area (TPSA) is 58.6 Å². The standard InChI is InChI=1S/C12H15FN2O3S/c1-8(2)18-12(17)19-15(11(16)14-3)10-7-5-4-6-9(10)13/h4-8H,1-3H3,(H,14,16). The van der Waals surface area contributed by atoms with E-state index in [9.17, 15) is 14.0 Å². The lowest BCUT2D eigenvalue weighted by atomic mass is 10.3. The lowest BCUT2D eigenvalue weighted by Crippen LogP contribution is -2.34. The first-order chi connectivity index (χ1) is 8.95. The van der Waals surface area contributed by atoms with Gasteiger partial charge in [-0.25, -0.2) is 18.3 Å². The van der Waals surface area contributed by atoms with Gasteiger partial charge in [0.2, 0.25) is 0 Å². The number of carbonyl (C=O) groups is 2. The van der Waals surface area contributed by atoms with Crippen molar-refractivity contribution in [3.63, 3.8) is 0 Å². The summed E-state index contributed by atoms with van der Waals surface area (Å²) in [5, 5.41) is 1.66. The van der Waals surface area contributed by atoms with Crippen LogP contribution in [0.2, 0.25) is 0 Å². The Morgan fingerprint density at radius 1 is 1.37 bits per heavy atom. The summed E-state index contributed by atoms with van der Waals surface area (Å²) in [7, 11) is 1.39. The fourth-order valence-corrected chi connectivity index (χ4v) is 2.01. The van der Waals surface area contributed by atoms with Gasteiger partial charge in [-0.2, -0.15) is 0 Å². The van der Waals surface area contributed by atoms with Gasteiger partial charge in [-0.15, -0.1) is 0 Å². The number of halogens is 1. The van der Waals surface area contributed by atoms with Crippen molar-refractivity contribution in [1.82, 2.24) is 5.32 Å². The molecule has 0 heterocycles. The number of hydrogen-bond donors (Lipinski definition) is 1. The average Bonchev–Trinajstić information content (AvgIpc) is 2.35. The minimum Gasteiger partial charge on any atom is -0.454 e. The van der Waals surface area contributed by atoms with E-state index in [1.54, 1.807) is 19.9 Å². The molecule has 0 atom stereocenters. The zero-order chi connectivity index (χ0) is 14.4. The Bertz CT molecular complexity index is 468. The number of urea groups is 1. The second kappa shape index (κ2) is 6.98. The monoisotopic (exact) mass is 286 g/mol. The molecule has 2 amide bonds. The molecule has 0 saturated carbocycles. The van der Waals surface area contributed by atoms with Crippen LogP contribution in [0.3, 0.4) is 0 Å². The predicted octanol–water partition coefficient (Wildman–Crippen LogP) is 3.16. The number of amides is 2. The largest absolute Gasteiger partial charge is 0.454 e. The quantitative estimate of drug-likeness (QED) is 0.670. The van der Waals surface area contributed by atoms with Crippen LogP contribution in [0.15, 0.2) is 24.3 Å². The number of nitrogens with one attached hydrogen (secondary N) is 1. The van der Waals surface area contributed by atoms with Crippen LogP contribution < -0.4 is 9.62 Å². The highest BCUT2D eigenvalue weighted by atomic mass is 32.2. The number of benzene rings is 1. The van der Waals surface area contributed by atoms with Gasteiger partial charge in [0.05, 0.1) is 23.7 Å². The number of carbonyl (C=O) groups excluding carboxylic acids is 2. The number of para-hydroxylation sites is 1. The van der Waals surface area contributed by atoms with E-state index >= 15 is 0 Å². The van der Waals surface area contributed by atoms with E-state index in [2.05, 4.69) is 5.32 Å². The van der Waals surface area contributed by atoms with Crippen molar-refractivity contribution in [3.05, 3.63) is 30.1 Å². The highest BCUT2D eigenvalue weighted by Crippen LogP contribution is 2.27. The molecule has 7 heteroatoms. The van der Waals surface area contributed by atoms with E-state index in [-0.39, 0.29) is 11.8 Å². The van der Waals surface area contributed by atoms with Gasteiger partial charge in [-0.3, -0.25) is 0 Å². The van der Waals surface area contributed by atoms with Gasteiger partial charge in [0.15, 0.2) is 0 Å². The predicted molar refractivity (Wildman–Crippen MR) is 72.5 cm³/mol. The van der Waals surface area contributed by atoms with Crippen LogP contribution in [0.1, 0.15) is 13.8 Å². The molecule has 0 unspecified atom stereocenters. The lowest BCUT2D eigenvalue weighted by Gasteiger charge is -2.20. The van der Waals surface area contributed by atoms with E-state index in [4.69, 9.17) is 4.74 Å². The van der Waals surface area contributed by atoms with Crippen molar-refractivity contribution in [2.24, 2.45) is 0 Å². The molecule has 1 N–H and O–H groups in total. The van der Waals surface area contributed by atoms with Gasteiger partial charge in [-0.05, 0) is 26.0 Å². The fraction of sp³-hybridized carbons (Fsp3) is 0.333. The number of anilines is 1. The first-order valence-electron chi connectivity index (χ1n) is 5.60. The maximum absolute atomic E-state index is 13.7. The van der Waals surface area contributed by atoms with E-state index < -0.39 is 17.1 Å². The molecule has 0 radical (unpaired) electrons.